The van der Waals surface area contributed by atoms with Crippen molar-refractivity contribution < 1.29 is 0 Å². The van der Waals surface area contributed by atoms with Crippen LogP contribution in [-0.2, 0) is 0 Å². The fourth-order valence-electron chi connectivity index (χ4n) is 0.911. The number of thiol groups is 4. The van der Waals surface area contributed by atoms with Crippen molar-refractivity contribution in [2.24, 2.45) is 0 Å². The van der Waals surface area contributed by atoms with E-state index in [1.54, 1.807) is 0 Å². The molecule has 2 unspecified atom stereocenters. The van der Waals surface area contributed by atoms with Crippen molar-refractivity contribution in [3.05, 3.63) is 0 Å². The van der Waals surface area contributed by atoms with E-state index in [0.717, 1.165) is 33.2 Å². The standard InChI is InChI=1S/C8H18S7.4CH4/c9-1-7(3-13-5-11)15-8(2-10)4-14-6-12;;;;/h7-12H,1-6H2;4*1H4. The molecule has 124 valence electrons. The van der Waals surface area contributed by atoms with Gasteiger partial charge in [-0.25, -0.2) is 0 Å². The number of rotatable bonds is 10. The van der Waals surface area contributed by atoms with Crippen LogP contribution >= 0.6 is 85.8 Å². The highest BCUT2D eigenvalue weighted by atomic mass is 32.2. The Labute approximate surface area is 158 Å². The lowest BCUT2D eigenvalue weighted by atomic mass is 10.5. The molecule has 0 heterocycles. The van der Waals surface area contributed by atoms with Gasteiger partial charge in [0.25, 0.3) is 0 Å². The number of hydrogen-bond donors (Lipinski definition) is 4. The summed E-state index contributed by atoms with van der Waals surface area (Å²) in [6.45, 7) is 0. The zero-order valence-corrected chi connectivity index (χ0v) is 14.4. The van der Waals surface area contributed by atoms with Gasteiger partial charge in [-0.3, -0.25) is 0 Å². The minimum absolute atomic E-state index is 0. The molecule has 19 heavy (non-hydrogen) atoms. The second kappa shape index (κ2) is 25.4. The van der Waals surface area contributed by atoms with E-state index in [9.17, 15) is 0 Å². The minimum atomic E-state index is 0. The molecule has 0 fully saturated rings. The van der Waals surface area contributed by atoms with Crippen molar-refractivity contribution in [3.63, 3.8) is 0 Å². The van der Waals surface area contributed by atoms with Gasteiger partial charge in [-0.2, -0.15) is 85.8 Å². The Hall–Kier alpha value is 2.45. The van der Waals surface area contributed by atoms with Gasteiger partial charge in [0.15, 0.2) is 0 Å². The molecular formula is C12H34S7. The van der Waals surface area contributed by atoms with E-state index in [1.165, 1.54) is 0 Å². The Balaban J connectivity index is -0.000000163. The highest BCUT2D eigenvalue weighted by Crippen LogP contribution is 2.26. The summed E-state index contributed by atoms with van der Waals surface area (Å²) >= 11 is 22.9. The van der Waals surface area contributed by atoms with Crippen molar-refractivity contribution in [1.29, 1.82) is 0 Å². The number of hydrogen-bond acceptors (Lipinski definition) is 7. The highest BCUT2D eigenvalue weighted by molar-refractivity contribution is 8.11. The Bertz CT molecular complexity index is 121. The predicted octanol–water partition coefficient (Wildman–Crippen LogP) is 6.10. The average Bonchev–Trinajstić information content (AvgIpc) is 2.28. The van der Waals surface area contributed by atoms with E-state index >= 15 is 0 Å². The van der Waals surface area contributed by atoms with Gasteiger partial charge >= 0.3 is 0 Å². The number of thioether (sulfide) groups is 3. The molecule has 0 aliphatic rings. The molecule has 0 aliphatic carbocycles. The van der Waals surface area contributed by atoms with E-state index in [-0.39, 0.29) is 29.7 Å². The monoisotopic (exact) mass is 402 g/mol. The fourth-order valence-corrected chi connectivity index (χ4v) is 5.56. The first-order chi connectivity index (χ1) is 7.28. The van der Waals surface area contributed by atoms with Crippen LogP contribution in [0.25, 0.3) is 0 Å². The molecule has 0 bridgehead atoms. The van der Waals surface area contributed by atoms with E-state index in [4.69, 9.17) is 0 Å². The molecule has 2 atom stereocenters. The van der Waals surface area contributed by atoms with Gasteiger partial charge in [0, 0.05) is 43.7 Å². The van der Waals surface area contributed by atoms with Crippen molar-refractivity contribution >= 4 is 85.8 Å². The molecule has 0 aliphatic heterocycles. The minimum Gasteiger partial charge on any atom is -0.178 e. The lowest BCUT2D eigenvalue weighted by Crippen LogP contribution is -2.18. The highest BCUT2D eigenvalue weighted by Gasteiger charge is 2.14. The van der Waals surface area contributed by atoms with Crippen molar-refractivity contribution in [2.75, 3.05) is 33.2 Å². The first kappa shape index (κ1) is 33.1. The Morgan fingerprint density at radius 1 is 0.632 bits per heavy atom. The lowest BCUT2D eigenvalue weighted by molar-refractivity contribution is 1.09. The van der Waals surface area contributed by atoms with Gasteiger partial charge in [0.1, 0.15) is 0 Å². The molecule has 0 rings (SSSR count). The Morgan fingerprint density at radius 2 is 0.947 bits per heavy atom. The van der Waals surface area contributed by atoms with E-state index in [0.29, 0.717) is 10.5 Å². The van der Waals surface area contributed by atoms with Crippen LogP contribution in [0.4, 0.5) is 0 Å². The quantitative estimate of drug-likeness (QED) is 0.257. The van der Waals surface area contributed by atoms with Gasteiger partial charge in [-0.15, -0.1) is 0 Å². The summed E-state index contributed by atoms with van der Waals surface area (Å²) in [5, 5.41) is 3.01. The summed E-state index contributed by atoms with van der Waals surface area (Å²) in [6, 6.07) is 0. The van der Waals surface area contributed by atoms with Crippen LogP contribution in [0.3, 0.4) is 0 Å². The topological polar surface area (TPSA) is 0 Å². The van der Waals surface area contributed by atoms with Gasteiger partial charge in [-0.05, 0) is 0 Å². The van der Waals surface area contributed by atoms with E-state index in [2.05, 4.69) is 50.5 Å². The SMILES string of the molecule is C.C.C.C.SCSCC(CS)SC(CS)CSCS. The third-order valence-electron chi connectivity index (χ3n) is 1.58. The average molecular weight is 403 g/mol. The molecule has 0 radical (unpaired) electrons. The van der Waals surface area contributed by atoms with Crippen LogP contribution in [0, 0.1) is 0 Å². The van der Waals surface area contributed by atoms with Crippen LogP contribution in [0.5, 0.6) is 0 Å². The molecule has 0 saturated carbocycles. The van der Waals surface area contributed by atoms with Crippen molar-refractivity contribution in [2.45, 2.75) is 40.2 Å². The molecular weight excluding hydrogens is 369 g/mol. The molecule has 7 heteroatoms. The maximum atomic E-state index is 4.39. The second-order valence-electron chi connectivity index (χ2n) is 2.75. The zero-order chi connectivity index (χ0) is 11.5. The molecule has 0 aromatic rings. The summed E-state index contributed by atoms with van der Waals surface area (Å²) in [5.41, 5.74) is 0. The summed E-state index contributed by atoms with van der Waals surface area (Å²) in [5.74, 6) is 4.13. The van der Waals surface area contributed by atoms with Crippen LogP contribution in [0.15, 0.2) is 0 Å². The van der Waals surface area contributed by atoms with Gasteiger partial charge in [-0.1, -0.05) is 29.7 Å². The van der Waals surface area contributed by atoms with Crippen LogP contribution in [-0.4, -0.2) is 43.7 Å². The molecule has 0 N–H and O–H groups in total. The Kier molecular flexibility index (Phi) is 44.3. The smallest absolute Gasteiger partial charge is 0.0362 e. The molecule has 0 nitrogen and oxygen atoms in total. The lowest BCUT2D eigenvalue weighted by Gasteiger charge is -2.20. The third-order valence-corrected chi connectivity index (χ3v) is 7.55. The molecule has 0 saturated heterocycles. The zero-order valence-electron chi connectivity index (χ0n) is 8.41. The molecule has 0 aromatic heterocycles. The first-order valence-electron chi connectivity index (χ1n) is 4.52. The van der Waals surface area contributed by atoms with Gasteiger partial charge in [0.2, 0.25) is 0 Å². The van der Waals surface area contributed by atoms with Crippen molar-refractivity contribution in [1.82, 2.24) is 0 Å². The maximum absolute atomic E-state index is 4.39. The van der Waals surface area contributed by atoms with E-state index in [1.807, 2.05) is 35.3 Å². The van der Waals surface area contributed by atoms with E-state index < -0.39 is 0 Å². The van der Waals surface area contributed by atoms with Gasteiger partial charge < -0.3 is 0 Å². The first-order valence-corrected chi connectivity index (χ1v) is 10.3. The summed E-state index contributed by atoms with van der Waals surface area (Å²) in [6.07, 6.45) is 0. The predicted molar refractivity (Wildman–Crippen MR) is 122 cm³/mol. The maximum Gasteiger partial charge on any atom is 0.0362 e. The summed E-state index contributed by atoms with van der Waals surface area (Å²) in [4.78, 5) is 0. The van der Waals surface area contributed by atoms with Crippen LogP contribution in [0.2, 0.25) is 0 Å². The molecule has 0 spiro atoms. The van der Waals surface area contributed by atoms with Crippen LogP contribution in [0.1, 0.15) is 29.7 Å². The molecule has 0 amide bonds. The molecule has 0 aromatic carbocycles. The van der Waals surface area contributed by atoms with Crippen molar-refractivity contribution in [3.8, 4) is 0 Å². The largest absolute Gasteiger partial charge is 0.178 e. The third kappa shape index (κ3) is 20.4. The Morgan fingerprint density at radius 3 is 1.16 bits per heavy atom. The summed E-state index contributed by atoms with van der Waals surface area (Å²) < 4.78 is 0. The van der Waals surface area contributed by atoms with Crippen LogP contribution < -0.4 is 0 Å². The van der Waals surface area contributed by atoms with Gasteiger partial charge in [0.05, 0.1) is 0 Å². The normalized spacial score (nSPS) is 12.0. The summed E-state index contributed by atoms with van der Waals surface area (Å²) in [7, 11) is 0. The second-order valence-corrected chi connectivity index (χ2v) is 8.63. The fraction of sp³-hybridized carbons (Fsp3) is 1.00.